The molecule has 0 saturated carbocycles. The first-order valence-corrected chi connectivity index (χ1v) is 7.97. The van der Waals surface area contributed by atoms with Gasteiger partial charge in [-0.2, -0.15) is 0 Å². The fourth-order valence-corrected chi connectivity index (χ4v) is 3.34. The first kappa shape index (κ1) is 14.5. The highest BCUT2D eigenvalue weighted by Gasteiger charge is 2.33. The van der Waals surface area contributed by atoms with Gasteiger partial charge in [-0.25, -0.2) is 0 Å². The predicted molar refractivity (Wildman–Crippen MR) is 80.7 cm³/mol. The van der Waals surface area contributed by atoms with Crippen molar-refractivity contribution in [3.8, 4) is 0 Å². The molecule has 0 radical (unpaired) electrons. The van der Waals surface area contributed by atoms with Crippen LogP contribution in [0.1, 0.15) is 37.4 Å². The van der Waals surface area contributed by atoms with Crippen LogP contribution in [0, 0.1) is 5.92 Å². The van der Waals surface area contributed by atoms with Gasteiger partial charge in [0.1, 0.15) is 0 Å². The Morgan fingerprint density at radius 1 is 1.32 bits per heavy atom. The first-order chi connectivity index (χ1) is 9.00. The van der Waals surface area contributed by atoms with E-state index < -0.39 is 0 Å². The molecule has 0 aromatic carbocycles. The molecule has 3 nitrogen and oxygen atoms in total. The van der Waals surface area contributed by atoms with E-state index in [1.807, 2.05) is 17.5 Å². The van der Waals surface area contributed by atoms with Crippen LogP contribution in [-0.2, 0) is 0 Å². The lowest BCUT2D eigenvalue weighted by atomic mass is 9.98. The highest BCUT2D eigenvalue weighted by Crippen LogP contribution is 2.22. The molecule has 2 rings (SSSR count). The van der Waals surface area contributed by atoms with Crippen LogP contribution in [0.25, 0.3) is 0 Å². The molecule has 1 aromatic rings. The molecule has 1 aliphatic heterocycles. The van der Waals surface area contributed by atoms with Crippen LogP contribution in [0.15, 0.2) is 17.5 Å². The molecule has 1 aliphatic rings. The van der Waals surface area contributed by atoms with E-state index in [4.69, 9.17) is 0 Å². The summed E-state index contributed by atoms with van der Waals surface area (Å²) in [6.45, 7) is 11.7. The summed E-state index contributed by atoms with van der Waals surface area (Å²) in [4.78, 5) is 18.0. The standard InChI is InChI=1S/C15H24N2OS/c1-11(2)13-10-16(12(3)4)7-8-17(13)15(18)14-6-5-9-19-14/h5-6,9,11-13H,7-8,10H2,1-4H3. The molecule has 1 fully saturated rings. The second-order valence-corrected chi connectivity index (χ2v) is 6.82. The minimum absolute atomic E-state index is 0.206. The van der Waals surface area contributed by atoms with Gasteiger partial charge in [-0.1, -0.05) is 19.9 Å². The Morgan fingerprint density at radius 2 is 2.05 bits per heavy atom. The largest absolute Gasteiger partial charge is 0.332 e. The second kappa shape index (κ2) is 6.06. The number of rotatable bonds is 3. The number of hydrogen-bond donors (Lipinski definition) is 0. The third-order valence-electron chi connectivity index (χ3n) is 3.94. The van der Waals surface area contributed by atoms with E-state index in [9.17, 15) is 4.79 Å². The molecule has 0 spiro atoms. The normalized spacial score (nSPS) is 21.4. The summed E-state index contributed by atoms with van der Waals surface area (Å²) in [5.41, 5.74) is 0. The highest BCUT2D eigenvalue weighted by atomic mass is 32.1. The molecule has 106 valence electrons. The predicted octanol–water partition coefficient (Wildman–Crippen LogP) is 2.94. The number of hydrogen-bond acceptors (Lipinski definition) is 3. The molecule has 1 atom stereocenters. The number of carbonyl (C=O) groups excluding carboxylic acids is 1. The Kier molecular flexibility index (Phi) is 4.63. The monoisotopic (exact) mass is 280 g/mol. The number of amides is 1. The van der Waals surface area contributed by atoms with Crippen molar-refractivity contribution in [2.45, 2.75) is 39.8 Å². The summed E-state index contributed by atoms with van der Waals surface area (Å²) in [7, 11) is 0. The average molecular weight is 280 g/mol. The average Bonchev–Trinajstić information content (AvgIpc) is 2.90. The zero-order valence-electron chi connectivity index (χ0n) is 12.3. The van der Waals surface area contributed by atoms with Crippen molar-refractivity contribution in [2.75, 3.05) is 19.6 Å². The van der Waals surface area contributed by atoms with Crippen molar-refractivity contribution >= 4 is 17.2 Å². The maximum Gasteiger partial charge on any atom is 0.264 e. The molecule has 0 N–H and O–H groups in total. The lowest BCUT2D eigenvalue weighted by molar-refractivity contribution is 0.0274. The number of nitrogens with zero attached hydrogens (tertiary/aromatic N) is 2. The topological polar surface area (TPSA) is 23.6 Å². The van der Waals surface area contributed by atoms with Gasteiger partial charge in [-0.15, -0.1) is 11.3 Å². The Balaban J connectivity index is 2.14. The van der Waals surface area contributed by atoms with Crippen molar-refractivity contribution in [2.24, 2.45) is 5.92 Å². The SMILES string of the molecule is CC(C)C1CN(C(C)C)CCN1C(=O)c1cccs1. The van der Waals surface area contributed by atoms with E-state index in [2.05, 4.69) is 37.5 Å². The van der Waals surface area contributed by atoms with Crippen molar-refractivity contribution in [1.29, 1.82) is 0 Å². The summed E-state index contributed by atoms with van der Waals surface area (Å²) in [5, 5.41) is 1.97. The maximum absolute atomic E-state index is 12.6. The van der Waals surface area contributed by atoms with E-state index >= 15 is 0 Å². The molecule has 4 heteroatoms. The lowest BCUT2D eigenvalue weighted by Gasteiger charge is -2.44. The summed E-state index contributed by atoms with van der Waals surface area (Å²) in [5.74, 6) is 0.697. The Bertz CT molecular complexity index is 414. The van der Waals surface area contributed by atoms with Gasteiger partial charge < -0.3 is 4.90 Å². The van der Waals surface area contributed by atoms with Gasteiger partial charge in [0.2, 0.25) is 0 Å². The van der Waals surface area contributed by atoms with E-state index in [0.717, 1.165) is 24.5 Å². The van der Waals surface area contributed by atoms with Crippen LogP contribution in [0.2, 0.25) is 0 Å². The fraction of sp³-hybridized carbons (Fsp3) is 0.667. The minimum atomic E-state index is 0.206. The number of piperazine rings is 1. The van der Waals surface area contributed by atoms with Gasteiger partial charge in [0.25, 0.3) is 5.91 Å². The van der Waals surface area contributed by atoms with Crippen molar-refractivity contribution in [1.82, 2.24) is 9.80 Å². The van der Waals surface area contributed by atoms with Crippen LogP contribution in [0.4, 0.5) is 0 Å². The van der Waals surface area contributed by atoms with Gasteiger partial charge in [-0.05, 0) is 31.2 Å². The van der Waals surface area contributed by atoms with E-state index in [1.54, 1.807) is 11.3 Å². The lowest BCUT2D eigenvalue weighted by Crippen LogP contribution is -2.58. The van der Waals surface area contributed by atoms with Crippen LogP contribution < -0.4 is 0 Å². The molecular weight excluding hydrogens is 256 g/mol. The van der Waals surface area contributed by atoms with Gasteiger partial charge in [-0.3, -0.25) is 9.69 Å². The van der Waals surface area contributed by atoms with Crippen LogP contribution in [0.5, 0.6) is 0 Å². The van der Waals surface area contributed by atoms with Gasteiger partial charge in [0, 0.05) is 31.7 Å². The minimum Gasteiger partial charge on any atom is -0.332 e. The van der Waals surface area contributed by atoms with Crippen LogP contribution in [-0.4, -0.2) is 47.4 Å². The molecule has 19 heavy (non-hydrogen) atoms. The molecule has 1 amide bonds. The van der Waals surface area contributed by atoms with E-state index in [0.29, 0.717) is 18.0 Å². The molecule has 2 heterocycles. The number of carbonyl (C=O) groups is 1. The number of thiophene rings is 1. The summed E-state index contributed by atoms with van der Waals surface area (Å²) in [6.07, 6.45) is 0. The zero-order valence-corrected chi connectivity index (χ0v) is 13.1. The Hall–Kier alpha value is -0.870. The third kappa shape index (κ3) is 3.18. The van der Waals surface area contributed by atoms with Gasteiger partial charge in [0.05, 0.1) is 4.88 Å². The summed E-state index contributed by atoms with van der Waals surface area (Å²) < 4.78 is 0. The van der Waals surface area contributed by atoms with Crippen molar-refractivity contribution < 1.29 is 4.79 Å². The maximum atomic E-state index is 12.6. The molecule has 1 unspecified atom stereocenters. The first-order valence-electron chi connectivity index (χ1n) is 7.09. The molecule has 0 aliphatic carbocycles. The summed E-state index contributed by atoms with van der Waals surface area (Å²) in [6, 6.07) is 4.76. The zero-order chi connectivity index (χ0) is 14.0. The Morgan fingerprint density at radius 3 is 2.58 bits per heavy atom. The Labute approximate surface area is 120 Å². The summed E-state index contributed by atoms with van der Waals surface area (Å²) >= 11 is 1.54. The van der Waals surface area contributed by atoms with Crippen LogP contribution >= 0.6 is 11.3 Å². The smallest absolute Gasteiger partial charge is 0.264 e. The molecular formula is C15H24N2OS. The van der Waals surface area contributed by atoms with E-state index in [-0.39, 0.29) is 5.91 Å². The van der Waals surface area contributed by atoms with Crippen molar-refractivity contribution in [3.05, 3.63) is 22.4 Å². The van der Waals surface area contributed by atoms with Crippen LogP contribution in [0.3, 0.4) is 0 Å². The van der Waals surface area contributed by atoms with E-state index in [1.165, 1.54) is 0 Å². The fourth-order valence-electron chi connectivity index (χ4n) is 2.67. The molecule has 1 aromatic heterocycles. The highest BCUT2D eigenvalue weighted by molar-refractivity contribution is 7.12. The van der Waals surface area contributed by atoms with Gasteiger partial charge >= 0.3 is 0 Å². The molecule has 1 saturated heterocycles. The van der Waals surface area contributed by atoms with Crippen molar-refractivity contribution in [3.63, 3.8) is 0 Å². The third-order valence-corrected chi connectivity index (χ3v) is 4.80. The second-order valence-electron chi connectivity index (χ2n) is 5.88. The van der Waals surface area contributed by atoms with Gasteiger partial charge in [0.15, 0.2) is 0 Å². The quantitative estimate of drug-likeness (QED) is 0.850. The molecule has 0 bridgehead atoms.